The first-order valence-corrected chi connectivity index (χ1v) is 15.3. The summed E-state index contributed by atoms with van der Waals surface area (Å²) in [6, 6.07) is 15.5. The summed E-state index contributed by atoms with van der Waals surface area (Å²) in [6.07, 6.45) is 4.42. The third-order valence-corrected chi connectivity index (χ3v) is 7.55. The number of nitriles is 1. The fourth-order valence-electron chi connectivity index (χ4n) is 5.23. The molecule has 12 heteroatoms. The van der Waals surface area contributed by atoms with E-state index < -0.39 is 21.6 Å². The fourth-order valence-corrected chi connectivity index (χ4v) is 5.43. The predicted molar refractivity (Wildman–Crippen MR) is 174 cm³/mol. The van der Waals surface area contributed by atoms with E-state index in [1.165, 1.54) is 5.56 Å². The Labute approximate surface area is 263 Å². The number of unbranched alkanes of at least 4 members (excludes halogenated alkanes) is 1. The third kappa shape index (κ3) is 7.85. The van der Waals surface area contributed by atoms with Crippen LogP contribution >= 0.6 is 22.6 Å². The third-order valence-electron chi connectivity index (χ3n) is 7.33. The van der Waals surface area contributed by atoms with E-state index in [1.807, 2.05) is 59.0 Å². The molecule has 0 spiro atoms. The van der Waals surface area contributed by atoms with Gasteiger partial charge in [0, 0.05) is 54.4 Å². The summed E-state index contributed by atoms with van der Waals surface area (Å²) < 4.78 is 10.0. The highest BCUT2D eigenvalue weighted by Gasteiger charge is 2.22. The lowest BCUT2D eigenvalue weighted by Crippen LogP contribution is -2.46. The molecule has 1 aliphatic rings. The number of carbonyl (C=O) groups excluding carboxylic acids is 2. The average Bonchev–Trinajstić information content (AvgIpc) is 3.58. The summed E-state index contributed by atoms with van der Waals surface area (Å²) in [5.74, 6) is -1.09. The summed E-state index contributed by atoms with van der Waals surface area (Å²) in [7, 11) is 0. The zero-order chi connectivity index (χ0) is 30.6. The van der Waals surface area contributed by atoms with Gasteiger partial charge in [0.15, 0.2) is 9.37 Å². The van der Waals surface area contributed by atoms with Crippen molar-refractivity contribution in [3.8, 4) is 6.07 Å². The number of fused-ring (bicyclic) bond motifs is 2. The number of anilines is 1. The normalized spacial score (nSPS) is 14.0. The van der Waals surface area contributed by atoms with Crippen molar-refractivity contribution in [2.24, 2.45) is 0 Å². The number of piperazine rings is 1. The van der Waals surface area contributed by atoms with Crippen LogP contribution in [0.5, 0.6) is 0 Å². The number of furan rings is 1. The van der Waals surface area contributed by atoms with Gasteiger partial charge < -0.3 is 19.0 Å². The van der Waals surface area contributed by atoms with Crippen LogP contribution in [0.25, 0.3) is 21.9 Å². The van der Waals surface area contributed by atoms with Gasteiger partial charge in [-0.25, -0.2) is 4.79 Å². The lowest BCUT2D eigenvalue weighted by Gasteiger charge is -2.36. The molecule has 43 heavy (non-hydrogen) atoms. The smallest absolute Gasteiger partial charge is 0.415 e. The number of aromatic nitrogens is 1. The molecule has 2 aromatic heterocycles. The Morgan fingerprint density at radius 3 is 2.65 bits per heavy atom. The molecule has 224 valence electrons. The lowest BCUT2D eigenvalue weighted by atomic mass is 10.1. The minimum absolute atomic E-state index is 0.0456. The Balaban J connectivity index is 1.08. The first kappa shape index (κ1) is 30.4. The van der Waals surface area contributed by atoms with Gasteiger partial charge in [0.05, 0.1) is 11.6 Å². The van der Waals surface area contributed by atoms with Crippen LogP contribution in [-0.2, 0) is 11.2 Å². The quantitative estimate of drug-likeness (QED) is 0.0626. The highest BCUT2D eigenvalue weighted by atomic mass is 127. The maximum absolute atomic E-state index is 12.6. The molecule has 5 rings (SSSR count). The molecule has 0 atom stereocenters. The van der Waals surface area contributed by atoms with E-state index in [-0.39, 0.29) is 5.76 Å². The number of carbonyl (C=O) groups is 2. The van der Waals surface area contributed by atoms with E-state index in [4.69, 9.17) is 14.6 Å². The van der Waals surface area contributed by atoms with Gasteiger partial charge in [0.1, 0.15) is 5.58 Å². The molecule has 0 radical (unpaired) electrons. The summed E-state index contributed by atoms with van der Waals surface area (Å²) in [5, 5.41) is 23.5. The molecule has 1 fully saturated rings. The number of hydrogen-bond acceptors (Lipinski definition) is 8. The van der Waals surface area contributed by atoms with Crippen molar-refractivity contribution in [3.63, 3.8) is 0 Å². The van der Waals surface area contributed by atoms with Crippen molar-refractivity contribution in [2.45, 2.75) is 36.7 Å². The topological polar surface area (TPSA) is 150 Å². The van der Waals surface area contributed by atoms with Crippen LogP contribution in [0.3, 0.4) is 0 Å². The molecule has 0 aliphatic carbocycles. The first-order chi connectivity index (χ1) is 20.6. The molecule has 2 aromatic carbocycles. The predicted octanol–water partition coefficient (Wildman–Crippen LogP) is 5.49. The molecule has 2 amide bonds. The standard InChI is InChI=1S/C31H34IN7O4/c1-31(2,32)43-30(41)37-29(34)36-28(40)27-17-22-16-23(7-9-26(22)42-27)39-13-11-38(12-14-39)10-4-3-5-21-19-35-25-8-6-20(18-33)15-24(21)25/h6-9,15-17,19,35H,3-5,10-14H2,1-2H3,(H3,34,36,37,40,41). The molecule has 0 bridgehead atoms. The number of ether oxygens (including phenoxy) is 1. The Hall–Kier alpha value is -4.09. The molecule has 3 heterocycles. The van der Waals surface area contributed by atoms with Gasteiger partial charge in [-0.05, 0) is 110 Å². The first-order valence-electron chi connectivity index (χ1n) is 14.2. The van der Waals surface area contributed by atoms with E-state index in [9.17, 15) is 14.9 Å². The number of aromatic amines is 1. The minimum Gasteiger partial charge on any atom is -0.451 e. The van der Waals surface area contributed by atoms with Gasteiger partial charge in [-0.1, -0.05) is 0 Å². The summed E-state index contributed by atoms with van der Waals surface area (Å²) in [5.41, 5.74) is 4.66. The zero-order valence-corrected chi connectivity index (χ0v) is 26.3. The Bertz CT molecular complexity index is 1690. The van der Waals surface area contributed by atoms with Crippen LogP contribution in [0, 0.1) is 16.7 Å². The van der Waals surface area contributed by atoms with Gasteiger partial charge in [0.25, 0.3) is 5.91 Å². The number of rotatable bonds is 8. The fraction of sp³-hybridized carbons (Fsp3) is 0.355. The Kier molecular flexibility index (Phi) is 9.22. The maximum atomic E-state index is 12.6. The monoisotopic (exact) mass is 695 g/mol. The molecule has 4 aromatic rings. The van der Waals surface area contributed by atoms with Gasteiger partial charge >= 0.3 is 6.09 Å². The number of guanidine groups is 1. The highest BCUT2D eigenvalue weighted by Crippen LogP contribution is 2.27. The Morgan fingerprint density at radius 1 is 1.12 bits per heavy atom. The molecule has 0 saturated carbocycles. The van der Waals surface area contributed by atoms with E-state index >= 15 is 0 Å². The number of alkyl carbamates (subject to hydrolysis) is 1. The van der Waals surface area contributed by atoms with Crippen molar-refractivity contribution in [1.29, 1.82) is 10.7 Å². The summed E-state index contributed by atoms with van der Waals surface area (Å²) in [4.78, 5) is 32.6. The zero-order valence-electron chi connectivity index (χ0n) is 24.1. The number of amides is 2. The second-order valence-corrected chi connectivity index (χ2v) is 13.6. The van der Waals surface area contributed by atoms with Crippen molar-refractivity contribution in [1.82, 2.24) is 20.5 Å². The lowest BCUT2D eigenvalue weighted by molar-refractivity contribution is 0.0949. The van der Waals surface area contributed by atoms with E-state index in [1.54, 1.807) is 19.9 Å². The highest BCUT2D eigenvalue weighted by molar-refractivity contribution is 14.1. The minimum atomic E-state index is -0.833. The second-order valence-electron chi connectivity index (χ2n) is 11.0. The van der Waals surface area contributed by atoms with Crippen LogP contribution in [0.2, 0.25) is 0 Å². The number of halogens is 1. The van der Waals surface area contributed by atoms with Crippen molar-refractivity contribution in [2.75, 3.05) is 37.6 Å². The van der Waals surface area contributed by atoms with Crippen LogP contribution in [0.4, 0.5) is 10.5 Å². The summed E-state index contributed by atoms with van der Waals surface area (Å²) in [6.45, 7) is 8.20. The summed E-state index contributed by atoms with van der Waals surface area (Å²) >= 11 is 1.94. The molecule has 0 unspecified atom stereocenters. The van der Waals surface area contributed by atoms with Crippen LogP contribution in [0.1, 0.15) is 48.4 Å². The number of alkyl halides is 1. The molecule has 1 aliphatic heterocycles. The number of nitrogens with zero attached hydrogens (tertiary/aromatic N) is 3. The van der Waals surface area contributed by atoms with Gasteiger partial charge in [0.2, 0.25) is 5.96 Å². The van der Waals surface area contributed by atoms with Crippen LogP contribution in [0.15, 0.2) is 53.1 Å². The number of aryl methyl sites for hydroxylation is 1. The Morgan fingerprint density at radius 2 is 1.91 bits per heavy atom. The van der Waals surface area contributed by atoms with Crippen LogP contribution < -0.4 is 15.5 Å². The van der Waals surface area contributed by atoms with Crippen molar-refractivity contribution in [3.05, 3.63) is 65.5 Å². The van der Waals surface area contributed by atoms with E-state index in [0.717, 1.165) is 74.0 Å². The number of benzene rings is 2. The number of hydrogen-bond donors (Lipinski definition) is 4. The molecular weight excluding hydrogens is 661 g/mol. The van der Waals surface area contributed by atoms with E-state index in [2.05, 4.69) is 37.7 Å². The van der Waals surface area contributed by atoms with Gasteiger partial charge in [-0.15, -0.1) is 0 Å². The molecule has 1 saturated heterocycles. The molecule has 4 N–H and O–H groups in total. The average molecular weight is 696 g/mol. The molecular formula is C31H34IN7O4. The SMILES string of the molecule is CC(C)(I)OC(=O)NC(=N)NC(=O)c1cc2cc(N3CCN(CCCCc4c[nH]c5ccc(C#N)cc45)CC3)ccc2o1. The second kappa shape index (κ2) is 13.0. The van der Waals surface area contributed by atoms with Crippen molar-refractivity contribution < 1.29 is 18.7 Å². The van der Waals surface area contributed by atoms with Gasteiger partial charge in [-0.3, -0.25) is 25.7 Å². The van der Waals surface area contributed by atoms with E-state index in [0.29, 0.717) is 11.1 Å². The van der Waals surface area contributed by atoms with Gasteiger partial charge in [-0.2, -0.15) is 5.26 Å². The number of H-pyrrole nitrogens is 1. The largest absolute Gasteiger partial charge is 0.451 e. The maximum Gasteiger partial charge on any atom is 0.415 e. The number of nitrogens with one attached hydrogen (secondary N) is 4. The van der Waals surface area contributed by atoms with Crippen molar-refractivity contribution >= 4 is 68.1 Å². The van der Waals surface area contributed by atoms with Crippen LogP contribution in [-0.4, -0.2) is 64.2 Å². The molecule has 11 nitrogen and oxygen atoms in total.